The van der Waals surface area contributed by atoms with Crippen molar-refractivity contribution >= 4 is 23.4 Å². The van der Waals surface area contributed by atoms with Crippen molar-refractivity contribution in [1.29, 1.82) is 0 Å². The van der Waals surface area contributed by atoms with E-state index >= 15 is 0 Å². The number of thioether (sulfide) groups is 1. The van der Waals surface area contributed by atoms with Gasteiger partial charge in [-0.25, -0.2) is 9.97 Å². The van der Waals surface area contributed by atoms with E-state index in [0.717, 1.165) is 56.1 Å². The van der Waals surface area contributed by atoms with E-state index in [9.17, 15) is 0 Å². The van der Waals surface area contributed by atoms with Gasteiger partial charge >= 0.3 is 0 Å². The van der Waals surface area contributed by atoms with Crippen LogP contribution in [0, 0.1) is 0 Å². The Morgan fingerprint density at radius 2 is 2.10 bits per heavy atom. The molecule has 1 fully saturated rings. The second-order valence-corrected chi connectivity index (χ2v) is 5.70. The van der Waals surface area contributed by atoms with E-state index in [2.05, 4.69) is 39.3 Å². The van der Waals surface area contributed by atoms with E-state index in [1.165, 1.54) is 0 Å². The van der Waals surface area contributed by atoms with Crippen LogP contribution in [0.3, 0.4) is 0 Å². The summed E-state index contributed by atoms with van der Waals surface area (Å²) >= 11 is 1.55. The minimum Gasteiger partial charge on any atom is -0.374 e. The molecule has 0 aromatic carbocycles. The molecular weight excluding hydrogens is 286 g/mol. The Hall–Kier alpha value is -1.05. The number of rotatable bonds is 7. The van der Waals surface area contributed by atoms with E-state index < -0.39 is 0 Å². The van der Waals surface area contributed by atoms with Crippen molar-refractivity contribution in [2.75, 3.05) is 56.2 Å². The molecule has 1 unspecified atom stereocenters. The summed E-state index contributed by atoms with van der Waals surface area (Å²) in [6.07, 6.45) is 2.20. The van der Waals surface area contributed by atoms with Crippen LogP contribution in [0.15, 0.2) is 11.2 Å². The van der Waals surface area contributed by atoms with Crippen LogP contribution in [0.5, 0.6) is 0 Å². The van der Waals surface area contributed by atoms with Crippen LogP contribution in [0.4, 0.5) is 11.6 Å². The molecule has 1 atom stereocenters. The van der Waals surface area contributed by atoms with Gasteiger partial charge in [0.15, 0.2) is 5.16 Å². The molecule has 2 heterocycles. The van der Waals surface area contributed by atoms with Gasteiger partial charge in [-0.1, -0.05) is 18.7 Å². The summed E-state index contributed by atoms with van der Waals surface area (Å²) in [5.74, 6) is 1.71. The summed E-state index contributed by atoms with van der Waals surface area (Å²) in [5, 5.41) is 7.38. The maximum atomic E-state index is 5.80. The van der Waals surface area contributed by atoms with Crippen LogP contribution in [-0.4, -0.2) is 66.6 Å². The first-order valence-corrected chi connectivity index (χ1v) is 8.72. The molecule has 0 spiro atoms. The minimum absolute atomic E-state index is 0.217. The van der Waals surface area contributed by atoms with Crippen molar-refractivity contribution in [3.63, 3.8) is 0 Å². The summed E-state index contributed by atoms with van der Waals surface area (Å²) in [6.45, 7) is 9.76. The van der Waals surface area contributed by atoms with Crippen LogP contribution in [0.2, 0.25) is 0 Å². The molecule has 1 saturated heterocycles. The zero-order valence-corrected chi connectivity index (χ0v) is 13.9. The maximum absolute atomic E-state index is 5.80. The third-order valence-electron chi connectivity index (χ3n) is 3.43. The number of nitrogens with one attached hydrogen (secondary N) is 2. The Balaban J connectivity index is 1.93. The normalized spacial score (nSPS) is 19.5. The van der Waals surface area contributed by atoms with Gasteiger partial charge in [-0.3, -0.25) is 4.90 Å². The van der Waals surface area contributed by atoms with Crippen LogP contribution in [0.1, 0.15) is 13.8 Å². The first-order valence-electron chi connectivity index (χ1n) is 7.50. The van der Waals surface area contributed by atoms with Gasteiger partial charge in [-0.2, -0.15) is 0 Å². The van der Waals surface area contributed by atoms with E-state index in [1.54, 1.807) is 11.8 Å². The number of hydrogen-bond acceptors (Lipinski definition) is 7. The molecule has 1 aliphatic rings. The average molecular weight is 311 g/mol. The van der Waals surface area contributed by atoms with E-state index in [0.29, 0.717) is 0 Å². The molecule has 2 rings (SSSR count). The van der Waals surface area contributed by atoms with Crippen LogP contribution in [-0.2, 0) is 4.74 Å². The highest BCUT2D eigenvalue weighted by molar-refractivity contribution is 7.98. The molecule has 2 N–H and O–H groups in total. The SMILES string of the molecule is CCNc1cc(NCC2CN(CC)CCO2)nc(SC)n1. The van der Waals surface area contributed by atoms with Gasteiger partial charge in [0.05, 0.1) is 12.7 Å². The molecule has 0 bridgehead atoms. The van der Waals surface area contributed by atoms with Gasteiger partial charge in [-0.15, -0.1) is 0 Å². The van der Waals surface area contributed by atoms with E-state index in [-0.39, 0.29) is 6.10 Å². The lowest BCUT2D eigenvalue weighted by Crippen LogP contribution is -2.45. The topological polar surface area (TPSA) is 62.3 Å². The summed E-state index contributed by atoms with van der Waals surface area (Å²) in [5.41, 5.74) is 0. The fraction of sp³-hybridized carbons (Fsp3) is 0.714. The van der Waals surface area contributed by atoms with Crippen molar-refractivity contribution in [2.45, 2.75) is 25.1 Å². The van der Waals surface area contributed by atoms with Gasteiger partial charge in [-0.05, 0) is 19.7 Å². The van der Waals surface area contributed by atoms with Gasteiger partial charge in [0, 0.05) is 32.2 Å². The Kier molecular flexibility index (Phi) is 6.53. The number of hydrogen-bond donors (Lipinski definition) is 2. The Morgan fingerprint density at radius 3 is 2.76 bits per heavy atom. The van der Waals surface area contributed by atoms with Gasteiger partial charge < -0.3 is 15.4 Å². The number of anilines is 2. The molecular formula is C14H25N5OS. The lowest BCUT2D eigenvalue weighted by atomic mass is 10.2. The largest absolute Gasteiger partial charge is 0.374 e. The second kappa shape index (κ2) is 8.41. The molecule has 21 heavy (non-hydrogen) atoms. The fourth-order valence-electron chi connectivity index (χ4n) is 2.29. The van der Waals surface area contributed by atoms with E-state index in [4.69, 9.17) is 4.74 Å². The van der Waals surface area contributed by atoms with Gasteiger partial charge in [0.2, 0.25) is 0 Å². The number of nitrogens with zero attached hydrogens (tertiary/aromatic N) is 3. The van der Waals surface area contributed by atoms with Crippen molar-refractivity contribution in [1.82, 2.24) is 14.9 Å². The van der Waals surface area contributed by atoms with Crippen molar-refractivity contribution in [2.24, 2.45) is 0 Å². The quantitative estimate of drug-likeness (QED) is 0.587. The van der Waals surface area contributed by atoms with Crippen LogP contribution < -0.4 is 10.6 Å². The Morgan fingerprint density at radius 1 is 1.33 bits per heavy atom. The molecule has 0 saturated carbocycles. The smallest absolute Gasteiger partial charge is 0.191 e. The van der Waals surface area contributed by atoms with Crippen molar-refractivity contribution < 1.29 is 4.74 Å². The zero-order chi connectivity index (χ0) is 15.1. The lowest BCUT2D eigenvalue weighted by Gasteiger charge is -2.32. The predicted molar refractivity (Wildman–Crippen MR) is 88.3 cm³/mol. The van der Waals surface area contributed by atoms with Gasteiger partial charge in [0.25, 0.3) is 0 Å². The molecule has 1 aromatic heterocycles. The summed E-state index contributed by atoms with van der Waals surface area (Å²) < 4.78 is 5.80. The summed E-state index contributed by atoms with van der Waals surface area (Å²) in [7, 11) is 0. The molecule has 0 amide bonds. The van der Waals surface area contributed by atoms with Crippen molar-refractivity contribution in [3.8, 4) is 0 Å². The predicted octanol–water partition coefficient (Wildman–Crippen LogP) is 1.76. The number of aromatic nitrogens is 2. The highest BCUT2D eigenvalue weighted by atomic mass is 32.2. The van der Waals surface area contributed by atoms with Crippen LogP contribution in [0.25, 0.3) is 0 Å². The van der Waals surface area contributed by atoms with Crippen molar-refractivity contribution in [3.05, 3.63) is 6.07 Å². The summed E-state index contributed by atoms with van der Waals surface area (Å²) in [6, 6.07) is 1.95. The second-order valence-electron chi connectivity index (χ2n) is 4.92. The third kappa shape index (κ3) is 5.01. The molecule has 0 radical (unpaired) electrons. The summed E-state index contributed by atoms with van der Waals surface area (Å²) in [4.78, 5) is 11.3. The molecule has 6 nitrogen and oxygen atoms in total. The molecule has 118 valence electrons. The minimum atomic E-state index is 0.217. The average Bonchev–Trinajstić information content (AvgIpc) is 2.53. The monoisotopic (exact) mass is 311 g/mol. The number of likely N-dealkylation sites (N-methyl/N-ethyl adjacent to an activating group) is 1. The van der Waals surface area contributed by atoms with Gasteiger partial charge in [0.1, 0.15) is 11.6 Å². The van der Waals surface area contributed by atoms with E-state index in [1.807, 2.05) is 12.3 Å². The Labute approximate surface area is 131 Å². The molecule has 0 aliphatic carbocycles. The highest BCUT2D eigenvalue weighted by Gasteiger charge is 2.19. The third-order valence-corrected chi connectivity index (χ3v) is 3.97. The maximum Gasteiger partial charge on any atom is 0.191 e. The number of ether oxygens (including phenoxy) is 1. The standard InChI is InChI=1S/C14H25N5OS/c1-4-15-12-8-13(18-14(17-12)21-3)16-9-11-10-19(5-2)6-7-20-11/h8,11H,4-7,9-10H2,1-3H3,(H2,15,16,17,18). The fourth-order valence-corrected chi connectivity index (χ4v) is 2.67. The highest BCUT2D eigenvalue weighted by Crippen LogP contribution is 2.17. The number of morpholine rings is 1. The first-order chi connectivity index (χ1) is 10.2. The molecule has 1 aliphatic heterocycles. The molecule has 1 aromatic rings. The first kappa shape index (κ1) is 16.3. The van der Waals surface area contributed by atoms with Crippen LogP contribution >= 0.6 is 11.8 Å². The zero-order valence-electron chi connectivity index (χ0n) is 13.1. The molecule has 7 heteroatoms. The Bertz CT molecular complexity index is 445. The lowest BCUT2D eigenvalue weighted by molar-refractivity contribution is -0.0192.